The van der Waals surface area contributed by atoms with Crippen molar-refractivity contribution in [2.24, 2.45) is 5.92 Å². The van der Waals surface area contributed by atoms with Crippen LogP contribution < -0.4 is 5.32 Å². The Morgan fingerprint density at radius 3 is 2.23 bits per heavy atom. The van der Waals surface area contributed by atoms with Crippen LogP contribution in [0, 0.1) is 5.92 Å². The Labute approximate surface area is 133 Å². The van der Waals surface area contributed by atoms with Gasteiger partial charge in [0.15, 0.2) is 0 Å². The van der Waals surface area contributed by atoms with Crippen molar-refractivity contribution < 1.29 is 14.7 Å². The third-order valence-corrected chi connectivity index (χ3v) is 4.15. The molecule has 0 aromatic heterocycles. The molecule has 2 amide bonds. The fourth-order valence-electron chi connectivity index (χ4n) is 2.86. The molecule has 1 fully saturated rings. The monoisotopic (exact) mass is 313 g/mol. The van der Waals surface area contributed by atoms with Crippen molar-refractivity contribution in [2.45, 2.75) is 65.6 Å². The lowest BCUT2D eigenvalue weighted by Gasteiger charge is -2.43. The summed E-state index contributed by atoms with van der Waals surface area (Å²) in [4.78, 5) is 27.0. The molecule has 0 aromatic rings. The predicted octanol–water partition coefficient (Wildman–Crippen LogP) is 2.00. The summed E-state index contributed by atoms with van der Waals surface area (Å²) in [7, 11) is 0. The average molecular weight is 313 g/mol. The first-order chi connectivity index (χ1) is 10.2. The zero-order valence-electron chi connectivity index (χ0n) is 14.5. The molecule has 1 aliphatic rings. The van der Waals surface area contributed by atoms with Crippen molar-refractivity contribution in [1.82, 2.24) is 15.1 Å². The van der Waals surface area contributed by atoms with Crippen LogP contribution in [0.15, 0.2) is 0 Å². The number of hydrogen-bond acceptors (Lipinski definition) is 3. The number of nitrogens with one attached hydrogen (secondary N) is 1. The molecule has 0 saturated heterocycles. The molecule has 1 aliphatic carbocycles. The molecule has 0 radical (unpaired) electrons. The van der Waals surface area contributed by atoms with Crippen molar-refractivity contribution in [2.75, 3.05) is 19.6 Å². The first-order valence-electron chi connectivity index (χ1n) is 8.27. The number of amides is 2. The number of carboxylic acid groups (broad SMARTS) is 1. The number of aliphatic carboxylic acids is 1. The fraction of sp³-hybridized carbons (Fsp3) is 0.875. The Bertz CT molecular complexity index is 379. The van der Waals surface area contributed by atoms with Crippen LogP contribution >= 0.6 is 0 Å². The number of hydrogen-bond donors (Lipinski definition) is 2. The first-order valence-corrected chi connectivity index (χ1v) is 8.27. The van der Waals surface area contributed by atoms with Crippen LogP contribution in [0.2, 0.25) is 0 Å². The standard InChI is InChI=1S/C16H31N3O3/c1-6-18(10-15(20)21)14-7-13(8-14)17-16(22)19(12(4)5)9-11(2)3/h11-14H,6-10H2,1-5H3,(H,17,22)(H,20,21). The van der Waals surface area contributed by atoms with Gasteiger partial charge in [0.05, 0.1) is 6.54 Å². The molecule has 6 nitrogen and oxygen atoms in total. The zero-order chi connectivity index (χ0) is 16.9. The fourth-order valence-corrected chi connectivity index (χ4v) is 2.86. The van der Waals surface area contributed by atoms with Gasteiger partial charge >= 0.3 is 12.0 Å². The SMILES string of the molecule is CCN(CC(=O)O)C1CC(NC(=O)N(CC(C)C)C(C)C)C1. The van der Waals surface area contributed by atoms with E-state index in [1.807, 2.05) is 30.6 Å². The van der Waals surface area contributed by atoms with Gasteiger partial charge in [0.2, 0.25) is 0 Å². The maximum atomic E-state index is 12.4. The van der Waals surface area contributed by atoms with Crippen LogP contribution in [0.1, 0.15) is 47.5 Å². The lowest BCUT2D eigenvalue weighted by Crippen LogP contribution is -2.57. The quantitative estimate of drug-likeness (QED) is 0.719. The van der Waals surface area contributed by atoms with E-state index in [0.717, 1.165) is 25.9 Å². The molecule has 0 aromatic carbocycles. The number of carboxylic acids is 1. The molecule has 0 bridgehead atoms. The molecule has 0 heterocycles. The summed E-state index contributed by atoms with van der Waals surface area (Å²) in [5.74, 6) is -0.356. The minimum atomic E-state index is -0.794. The van der Waals surface area contributed by atoms with Gasteiger partial charge in [0, 0.05) is 24.7 Å². The van der Waals surface area contributed by atoms with E-state index in [1.54, 1.807) is 0 Å². The van der Waals surface area contributed by atoms with Crippen molar-refractivity contribution in [3.63, 3.8) is 0 Å². The van der Waals surface area contributed by atoms with Gasteiger partial charge in [-0.25, -0.2) is 4.79 Å². The van der Waals surface area contributed by atoms with Crippen molar-refractivity contribution in [3.8, 4) is 0 Å². The van der Waals surface area contributed by atoms with Crippen LogP contribution in [0.3, 0.4) is 0 Å². The molecule has 128 valence electrons. The van der Waals surface area contributed by atoms with Crippen molar-refractivity contribution >= 4 is 12.0 Å². The number of rotatable bonds is 8. The number of carbonyl (C=O) groups is 2. The van der Waals surface area contributed by atoms with Gasteiger partial charge in [-0.1, -0.05) is 20.8 Å². The Morgan fingerprint density at radius 2 is 1.82 bits per heavy atom. The summed E-state index contributed by atoms with van der Waals surface area (Å²) in [5.41, 5.74) is 0. The highest BCUT2D eigenvalue weighted by molar-refractivity contribution is 5.75. The lowest BCUT2D eigenvalue weighted by atomic mass is 9.85. The normalized spacial score (nSPS) is 21.1. The van der Waals surface area contributed by atoms with E-state index in [4.69, 9.17) is 5.11 Å². The minimum absolute atomic E-state index is 0.00608. The van der Waals surface area contributed by atoms with Gasteiger partial charge in [-0.15, -0.1) is 0 Å². The second kappa shape index (κ2) is 8.36. The molecule has 2 N–H and O–H groups in total. The third-order valence-electron chi connectivity index (χ3n) is 4.15. The van der Waals surface area contributed by atoms with Crippen LogP contribution in [-0.2, 0) is 4.79 Å². The highest BCUT2D eigenvalue weighted by Gasteiger charge is 2.35. The van der Waals surface area contributed by atoms with E-state index >= 15 is 0 Å². The van der Waals surface area contributed by atoms with Gasteiger partial charge in [-0.05, 0) is 39.2 Å². The van der Waals surface area contributed by atoms with Crippen molar-refractivity contribution in [3.05, 3.63) is 0 Å². The van der Waals surface area contributed by atoms with E-state index in [-0.39, 0.29) is 30.7 Å². The molecule has 0 spiro atoms. The molecule has 1 saturated carbocycles. The van der Waals surface area contributed by atoms with Gasteiger partial charge in [-0.2, -0.15) is 0 Å². The van der Waals surface area contributed by atoms with Gasteiger partial charge in [-0.3, -0.25) is 9.69 Å². The Balaban J connectivity index is 2.43. The summed E-state index contributed by atoms with van der Waals surface area (Å²) < 4.78 is 0. The smallest absolute Gasteiger partial charge is 0.317 e. The molecule has 0 unspecified atom stereocenters. The number of urea groups is 1. The maximum Gasteiger partial charge on any atom is 0.317 e. The van der Waals surface area contributed by atoms with Gasteiger partial charge in [0.25, 0.3) is 0 Å². The predicted molar refractivity (Wildman–Crippen MR) is 86.9 cm³/mol. The van der Waals surface area contributed by atoms with E-state index in [2.05, 4.69) is 19.2 Å². The third kappa shape index (κ3) is 5.48. The summed E-state index contributed by atoms with van der Waals surface area (Å²) in [6.07, 6.45) is 1.67. The van der Waals surface area contributed by atoms with Gasteiger partial charge < -0.3 is 15.3 Å². The molecule has 0 atom stereocenters. The molecule has 22 heavy (non-hydrogen) atoms. The Kier molecular flexibility index (Phi) is 7.13. The number of carbonyl (C=O) groups excluding carboxylic acids is 1. The Morgan fingerprint density at radius 1 is 1.23 bits per heavy atom. The average Bonchev–Trinajstić information content (AvgIpc) is 2.36. The first kappa shape index (κ1) is 18.7. The topological polar surface area (TPSA) is 72.9 Å². The second-order valence-electron chi connectivity index (χ2n) is 6.87. The number of likely N-dealkylation sites (N-methyl/N-ethyl adjacent to an activating group) is 1. The van der Waals surface area contributed by atoms with E-state index < -0.39 is 5.97 Å². The van der Waals surface area contributed by atoms with Crippen LogP contribution in [-0.4, -0.2) is 64.7 Å². The van der Waals surface area contributed by atoms with Crippen LogP contribution in [0.4, 0.5) is 4.79 Å². The maximum absolute atomic E-state index is 12.4. The summed E-state index contributed by atoms with van der Waals surface area (Å²) >= 11 is 0. The van der Waals surface area contributed by atoms with E-state index in [1.165, 1.54) is 0 Å². The minimum Gasteiger partial charge on any atom is -0.480 e. The van der Waals surface area contributed by atoms with Crippen molar-refractivity contribution in [1.29, 1.82) is 0 Å². The van der Waals surface area contributed by atoms with E-state index in [0.29, 0.717) is 5.92 Å². The molecular formula is C16H31N3O3. The van der Waals surface area contributed by atoms with E-state index in [9.17, 15) is 9.59 Å². The van der Waals surface area contributed by atoms with Crippen LogP contribution in [0.5, 0.6) is 0 Å². The molecule has 1 rings (SSSR count). The molecular weight excluding hydrogens is 282 g/mol. The van der Waals surface area contributed by atoms with Crippen LogP contribution in [0.25, 0.3) is 0 Å². The van der Waals surface area contributed by atoms with Gasteiger partial charge in [0.1, 0.15) is 0 Å². The summed E-state index contributed by atoms with van der Waals surface area (Å²) in [6, 6.07) is 0.601. The highest BCUT2D eigenvalue weighted by Crippen LogP contribution is 2.25. The molecule has 6 heteroatoms. The lowest BCUT2D eigenvalue weighted by molar-refractivity contribution is -0.139. The largest absolute Gasteiger partial charge is 0.480 e. The summed E-state index contributed by atoms with van der Waals surface area (Å²) in [5, 5.41) is 12.0. The highest BCUT2D eigenvalue weighted by atomic mass is 16.4. The summed E-state index contributed by atoms with van der Waals surface area (Å²) in [6.45, 7) is 11.8. The molecule has 0 aliphatic heterocycles. The Hall–Kier alpha value is -1.30. The second-order valence-corrected chi connectivity index (χ2v) is 6.87. The zero-order valence-corrected chi connectivity index (χ0v) is 14.5. The number of nitrogens with zero attached hydrogens (tertiary/aromatic N) is 2.